The van der Waals surface area contributed by atoms with Gasteiger partial charge in [-0.25, -0.2) is 4.79 Å². The number of carboxylic acid groups (broad SMARTS) is 1. The summed E-state index contributed by atoms with van der Waals surface area (Å²) < 4.78 is 6.18. The van der Waals surface area contributed by atoms with Gasteiger partial charge in [-0.2, -0.15) is 0 Å². The number of aliphatic hydroxyl groups is 3. The van der Waals surface area contributed by atoms with Crippen LogP contribution < -0.4 is 32.3 Å². The lowest BCUT2D eigenvalue weighted by Crippen LogP contribution is -2.63. The molecular weight excluding hydrogens is 755 g/mol. The first kappa shape index (κ1) is 44.6. The number of allylic oxidation sites excluding steroid dienone is 1. The van der Waals surface area contributed by atoms with E-state index in [1.54, 1.807) is 13.8 Å². The highest BCUT2D eigenvalue weighted by atomic mass is 35.5. The van der Waals surface area contributed by atoms with Crippen LogP contribution >= 0.6 is 34.8 Å². The van der Waals surface area contributed by atoms with Gasteiger partial charge in [0.15, 0.2) is 5.78 Å². The van der Waals surface area contributed by atoms with Crippen LogP contribution in [-0.2, 0) is 38.3 Å². The number of aliphatic hydroxyl groups excluding tert-OH is 2. The first-order valence-electron chi connectivity index (χ1n) is 16.3. The third kappa shape index (κ3) is 12.6. The van der Waals surface area contributed by atoms with E-state index in [-0.39, 0.29) is 50.0 Å². The molecule has 0 spiro atoms. The van der Waals surface area contributed by atoms with Gasteiger partial charge in [0.2, 0.25) is 18.1 Å². The summed E-state index contributed by atoms with van der Waals surface area (Å²) in [6.45, 7) is 4.85. The van der Waals surface area contributed by atoms with E-state index in [1.165, 1.54) is 6.92 Å². The predicted octanol–water partition coefficient (Wildman–Crippen LogP) is -1.49. The number of amides is 5. The highest BCUT2D eigenvalue weighted by molar-refractivity contribution is 6.44. The Bertz CT molecular complexity index is 1430. The fourth-order valence-electron chi connectivity index (χ4n) is 5.36. The molecule has 2 rings (SSSR count). The number of carbonyl (C=O) groups is 7. The third-order valence-electron chi connectivity index (χ3n) is 8.29. The lowest BCUT2D eigenvalue weighted by atomic mass is 9.96. The Morgan fingerprint density at radius 1 is 1.02 bits per heavy atom. The number of Topliss-reactive ketones (excluding diaryl/α,β-unsaturated/α-hetero) is 1. The van der Waals surface area contributed by atoms with Crippen molar-refractivity contribution >= 4 is 76.1 Å². The zero-order valence-electron chi connectivity index (χ0n) is 28.6. The fraction of sp³-hybridized carbons (Fsp3) is 0.645. The number of rotatable bonds is 15. The third-order valence-corrected chi connectivity index (χ3v) is 9.37. The van der Waals surface area contributed by atoms with Crippen LogP contribution in [0.5, 0.6) is 0 Å². The molecule has 11 N–H and O–H groups in total. The molecule has 0 aromatic heterocycles. The van der Waals surface area contributed by atoms with E-state index >= 15 is 0 Å². The normalized spacial score (nSPS) is 23.1. The SMILES string of the molecule is CC(C)C1OC2=C(CC(C(=O)O)NC(=O)/C(=C/Cl)NC(=O)C1NC(=O)C(NC(=O)C(CC(C)C(Cl)Cl)NC(=O)C(O)O)C(O)CCCN)C(=O)CC2. The highest BCUT2D eigenvalue weighted by Gasteiger charge is 2.42. The second-order valence-electron chi connectivity index (χ2n) is 12.7. The van der Waals surface area contributed by atoms with Crippen molar-refractivity contribution < 1.29 is 58.7 Å². The summed E-state index contributed by atoms with van der Waals surface area (Å²) in [7, 11) is 0. The van der Waals surface area contributed by atoms with Gasteiger partial charge in [-0.1, -0.05) is 32.4 Å². The van der Waals surface area contributed by atoms with Gasteiger partial charge in [-0.3, -0.25) is 28.8 Å². The van der Waals surface area contributed by atoms with Gasteiger partial charge < -0.3 is 57.5 Å². The largest absolute Gasteiger partial charge is 0.491 e. The van der Waals surface area contributed by atoms with Crippen LogP contribution in [0.15, 0.2) is 22.6 Å². The average Bonchev–Trinajstić information content (AvgIpc) is 3.42. The topological polar surface area (TPSA) is 296 Å². The molecule has 1 aliphatic carbocycles. The summed E-state index contributed by atoms with van der Waals surface area (Å²) in [5.41, 5.74) is 5.61. The van der Waals surface area contributed by atoms with Crippen LogP contribution in [-0.4, -0.2) is 116 Å². The van der Waals surface area contributed by atoms with Gasteiger partial charge in [0.05, 0.1) is 6.10 Å². The van der Waals surface area contributed by atoms with E-state index in [1.807, 2.05) is 0 Å². The Hall–Kier alpha value is -3.52. The molecule has 18 nitrogen and oxygen atoms in total. The second kappa shape index (κ2) is 20.6. The minimum absolute atomic E-state index is 0.0306. The summed E-state index contributed by atoms with van der Waals surface area (Å²) in [6.07, 6.45) is -6.12. The number of ketones is 1. The molecule has 0 aromatic carbocycles. The molecule has 7 atom stereocenters. The zero-order chi connectivity index (χ0) is 39.4. The van der Waals surface area contributed by atoms with Crippen molar-refractivity contribution in [3.05, 3.63) is 22.6 Å². The van der Waals surface area contributed by atoms with Crippen LogP contribution in [0.3, 0.4) is 0 Å². The van der Waals surface area contributed by atoms with Crippen LogP contribution in [0, 0.1) is 11.8 Å². The molecule has 1 aliphatic heterocycles. The van der Waals surface area contributed by atoms with Crippen molar-refractivity contribution in [2.45, 2.75) is 107 Å². The van der Waals surface area contributed by atoms with E-state index in [4.69, 9.17) is 45.3 Å². The summed E-state index contributed by atoms with van der Waals surface area (Å²) in [5.74, 6) is -8.91. The number of hydrogen-bond donors (Lipinski definition) is 10. The number of nitrogens with one attached hydrogen (secondary N) is 5. The number of carbonyl (C=O) groups excluding carboxylic acids is 6. The first-order chi connectivity index (χ1) is 24.3. The smallest absolute Gasteiger partial charge is 0.326 e. The molecule has 0 bridgehead atoms. The van der Waals surface area contributed by atoms with Gasteiger partial charge in [0.1, 0.15) is 46.6 Å². The number of alkyl halides is 2. The van der Waals surface area contributed by atoms with Gasteiger partial charge in [-0.15, -0.1) is 23.2 Å². The summed E-state index contributed by atoms with van der Waals surface area (Å²) in [4.78, 5) is 90.4. The van der Waals surface area contributed by atoms with E-state index in [0.717, 1.165) is 0 Å². The quantitative estimate of drug-likeness (QED) is 0.0514. The van der Waals surface area contributed by atoms with E-state index in [2.05, 4.69) is 26.6 Å². The number of halogens is 3. The molecule has 0 radical (unpaired) electrons. The molecule has 1 heterocycles. The lowest BCUT2D eigenvalue weighted by molar-refractivity contribution is -0.150. The average molecular weight is 800 g/mol. The zero-order valence-corrected chi connectivity index (χ0v) is 30.8. The van der Waals surface area contributed by atoms with Crippen molar-refractivity contribution in [3.63, 3.8) is 0 Å². The monoisotopic (exact) mass is 798 g/mol. The molecule has 0 fully saturated rings. The molecule has 0 saturated carbocycles. The Balaban J connectivity index is 2.61. The number of hydrogen-bond acceptors (Lipinski definition) is 12. The van der Waals surface area contributed by atoms with Crippen molar-refractivity contribution in [1.82, 2.24) is 26.6 Å². The van der Waals surface area contributed by atoms with Crippen molar-refractivity contribution in [3.8, 4) is 0 Å². The molecule has 7 unspecified atom stereocenters. The fourth-order valence-corrected chi connectivity index (χ4v) is 5.72. The van der Waals surface area contributed by atoms with Gasteiger partial charge in [0, 0.05) is 30.4 Å². The molecule has 2 aliphatic rings. The predicted molar refractivity (Wildman–Crippen MR) is 185 cm³/mol. The van der Waals surface area contributed by atoms with Crippen LogP contribution in [0.2, 0.25) is 0 Å². The summed E-state index contributed by atoms with van der Waals surface area (Å²) >= 11 is 17.7. The second-order valence-corrected chi connectivity index (χ2v) is 14.1. The van der Waals surface area contributed by atoms with Crippen LogP contribution in [0.1, 0.15) is 59.3 Å². The van der Waals surface area contributed by atoms with E-state index in [0.29, 0.717) is 5.54 Å². The van der Waals surface area contributed by atoms with Gasteiger partial charge in [0.25, 0.3) is 17.7 Å². The summed E-state index contributed by atoms with van der Waals surface area (Å²) in [6, 6.07) is -6.69. The molecular formula is C31H45Cl3N6O12. The Kier molecular flexibility index (Phi) is 17.7. The molecule has 0 aromatic rings. The molecule has 5 amide bonds. The standard InChI is InChI=1S/C31H45Cl3N6O12/c1-12(2)23-22(28(46)38-17(11-32)26(44)37-16(30(48)49)10-14-18(41)6-7-20(14)52-23)40-27(45)21(19(42)5-4-8-35)39-25(43)15(9-13(3)24(33)34)36-29(47)31(50)51/h11-13,15-16,19,21-24,31,42,50-51H,4-10,35H2,1-3H3,(H,36,47)(H,37,44)(H,38,46)(H,39,43)(H,40,45)(H,48,49)/b17-11-. The van der Waals surface area contributed by atoms with Crippen molar-refractivity contribution in [1.29, 1.82) is 0 Å². The van der Waals surface area contributed by atoms with Crippen LogP contribution in [0.4, 0.5) is 0 Å². The highest BCUT2D eigenvalue weighted by Crippen LogP contribution is 2.31. The maximum absolute atomic E-state index is 14.0. The van der Waals surface area contributed by atoms with Gasteiger partial charge >= 0.3 is 5.97 Å². The van der Waals surface area contributed by atoms with Crippen molar-refractivity contribution in [2.75, 3.05) is 6.54 Å². The number of aliphatic carboxylic acids is 1. The summed E-state index contributed by atoms with van der Waals surface area (Å²) in [5, 5.41) is 50.8. The van der Waals surface area contributed by atoms with Crippen molar-refractivity contribution in [2.24, 2.45) is 17.6 Å². The Labute approximate surface area is 314 Å². The molecule has 52 heavy (non-hydrogen) atoms. The molecule has 21 heteroatoms. The minimum atomic E-state index is -2.51. The molecule has 292 valence electrons. The number of ether oxygens (including phenoxy) is 1. The number of nitrogens with two attached hydrogens (primary N) is 1. The number of carboxylic acids is 1. The minimum Gasteiger partial charge on any atom is -0.491 e. The molecule has 0 saturated heterocycles. The lowest BCUT2D eigenvalue weighted by Gasteiger charge is -2.34. The van der Waals surface area contributed by atoms with Crippen LogP contribution in [0.25, 0.3) is 0 Å². The first-order valence-corrected chi connectivity index (χ1v) is 17.6. The Morgan fingerprint density at radius 2 is 1.67 bits per heavy atom. The van der Waals surface area contributed by atoms with Gasteiger partial charge in [-0.05, 0) is 37.6 Å². The van der Waals surface area contributed by atoms with E-state index < -0.39 is 113 Å². The van der Waals surface area contributed by atoms with E-state index in [9.17, 15) is 54.0 Å². The maximum atomic E-state index is 14.0. The Morgan fingerprint density at radius 3 is 2.21 bits per heavy atom. The maximum Gasteiger partial charge on any atom is 0.326 e.